The van der Waals surface area contributed by atoms with E-state index in [0.717, 1.165) is 30.5 Å². The molecule has 2 rings (SSSR count). The summed E-state index contributed by atoms with van der Waals surface area (Å²) < 4.78 is 11.0. The van der Waals surface area contributed by atoms with Gasteiger partial charge in [0.2, 0.25) is 0 Å². The maximum Gasteiger partial charge on any atom is 0.149 e. The van der Waals surface area contributed by atoms with E-state index in [-0.39, 0.29) is 12.1 Å². The number of nitrogens with zero attached hydrogens (tertiary/aromatic N) is 2. The number of nitrogens with one attached hydrogen (secondary N) is 1. The number of aromatic nitrogens is 2. The quantitative estimate of drug-likeness (QED) is 0.795. The Kier molecular flexibility index (Phi) is 5.22. The second-order valence-electron chi connectivity index (χ2n) is 4.33. The summed E-state index contributed by atoms with van der Waals surface area (Å²) in [6.07, 6.45) is 3.23. The lowest BCUT2D eigenvalue weighted by molar-refractivity contribution is 0.0394. The van der Waals surface area contributed by atoms with Gasteiger partial charge in [0, 0.05) is 12.6 Å². The minimum atomic E-state index is 0.208. The van der Waals surface area contributed by atoms with Crippen molar-refractivity contribution in [2.24, 2.45) is 0 Å². The van der Waals surface area contributed by atoms with E-state index in [1.54, 1.807) is 11.8 Å². The summed E-state index contributed by atoms with van der Waals surface area (Å²) >= 11 is 1.58. The van der Waals surface area contributed by atoms with Crippen molar-refractivity contribution < 1.29 is 9.47 Å². The molecule has 5 nitrogen and oxygen atoms in total. The summed E-state index contributed by atoms with van der Waals surface area (Å²) in [5.41, 5.74) is 0. The molecule has 1 aromatic heterocycles. The Morgan fingerprint density at radius 2 is 2.44 bits per heavy atom. The average Bonchev–Trinajstić information content (AvgIpc) is 2.90. The highest BCUT2D eigenvalue weighted by Crippen LogP contribution is 2.13. The molecule has 1 fully saturated rings. The Labute approximate surface area is 112 Å². The molecule has 1 aromatic rings. The highest BCUT2D eigenvalue weighted by atomic mass is 32.2. The molecule has 2 atom stereocenters. The van der Waals surface area contributed by atoms with E-state index < -0.39 is 0 Å². The molecule has 0 aliphatic carbocycles. The molecule has 0 spiro atoms. The Bertz CT molecular complexity index is 355. The number of hydrogen-bond acceptors (Lipinski definition) is 6. The SMILES string of the molecule is CSc1ccc(NC(C)COC2CCOC2)nn1. The molecule has 0 aromatic carbocycles. The molecular weight excluding hydrogens is 250 g/mol. The highest BCUT2D eigenvalue weighted by molar-refractivity contribution is 7.98. The van der Waals surface area contributed by atoms with Crippen LogP contribution in [0.1, 0.15) is 13.3 Å². The lowest BCUT2D eigenvalue weighted by Gasteiger charge is -2.17. The predicted molar refractivity (Wildman–Crippen MR) is 72.1 cm³/mol. The van der Waals surface area contributed by atoms with Gasteiger partial charge in [0.1, 0.15) is 10.8 Å². The number of hydrogen-bond donors (Lipinski definition) is 1. The lowest BCUT2D eigenvalue weighted by Crippen LogP contribution is -2.26. The first-order valence-corrected chi connectivity index (χ1v) is 7.34. The maximum absolute atomic E-state index is 5.74. The lowest BCUT2D eigenvalue weighted by atomic mass is 10.3. The normalized spacial score (nSPS) is 20.9. The van der Waals surface area contributed by atoms with Crippen LogP contribution in [0.5, 0.6) is 0 Å². The predicted octanol–water partition coefficient (Wildman–Crippen LogP) is 1.80. The summed E-state index contributed by atoms with van der Waals surface area (Å²) in [6.45, 7) is 4.25. The maximum atomic E-state index is 5.74. The first kappa shape index (κ1) is 13.6. The van der Waals surface area contributed by atoms with Gasteiger partial charge in [-0.05, 0) is 31.7 Å². The first-order chi connectivity index (χ1) is 8.78. The molecule has 0 bridgehead atoms. The van der Waals surface area contributed by atoms with E-state index >= 15 is 0 Å². The molecule has 1 aliphatic heterocycles. The van der Waals surface area contributed by atoms with Gasteiger partial charge in [0.05, 0.1) is 19.3 Å². The van der Waals surface area contributed by atoms with Crippen LogP contribution in [0.4, 0.5) is 5.82 Å². The Morgan fingerprint density at radius 1 is 1.56 bits per heavy atom. The zero-order chi connectivity index (χ0) is 12.8. The van der Waals surface area contributed by atoms with Gasteiger partial charge in [0.25, 0.3) is 0 Å². The minimum Gasteiger partial charge on any atom is -0.379 e. The monoisotopic (exact) mass is 269 g/mol. The van der Waals surface area contributed by atoms with Crippen LogP contribution < -0.4 is 5.32 Å². The van der Waals surface area contributed by atoms with Crippen LogP contribution in [-0.2, 0) is 9.47 Å². The second-order valence-corrected chi connectivity index (χ2v) is 5.15. The number of ether oxygens (including phenoxy) is 2. The van der Waals surface area contributed by atoms with Crippen LogP contribution in [0.15, 0.2) is 17.2 Å². The fourth-order valence-electron chi connectivity index (χ4n) is 1.72. The average molecular weight is 269 g/mol. The van der Waals surface area contributed by atoms with Crippen molar-refractivity contribution in [1.82, 2.24) is 10.2 Å². The van der Waals surface area contributed by atoms with E-state index in [0.29, 0.717) is 6.61 Å². The van der Waals surface area contributed by atoms with Crippen molar-refractivity contribution in [3.05, 3.63) is 12.1 Å². The molecule has 0 radical (unpaired) electrons. The third-order valence-corrected chi connectivity index (χ3v) is 3.35. The molecule has 1 aliphatic rings. The van der Waals surface area contributed by atoms with Crippen LogP contribution in [0.3, 0.4) is 0 Å². The second kappa shape index (κ2) is 6.92. The van der Waals surface area contributed by atoms with E-state index in [4.69, 9.17) is 9.47 Å². The zero-order valence-electron chi connectivity index (χ0n) is 10.8. The van der Waals surface area contributed by atoms with Crippen molar-refractivity contribution in [3.63, 3.8) is 0 Å². The van der Waals surface area contributed by atoms with E-state index in [1.807, 2.05) is 18.4 Å². The summed E-state index contributed by atoms with van der Waals surface area (Å²) in [4.78, 5) is 0. The topological polar surface area (TPSA) is 56.3 Å². The van der Waals surface area contributed by atoms with Crippen LogP contribution in [-0.4, -0.2) is 48.4 Å². The summed E-state index contributed by atoms with van der Waals surface area (Å²) in [5, 5.41) is 12.4. The van der Waals surface area contributed by atoms with Gasteiger partial charge in [-0.25, -0.2) is 0 Å². The smallest absolute Gasteiger partial charge is 0.149 e. The molecule has 18 heavy (non-hydrogen) atoms. The number of rotatable bonds is 6. The van der Waals surface area contributed by atoms with Crippen LogP contribution >= 0.6 is 11.8 Å². The van der Waals surface area contributed by atoms with Crippen molar-refractivity contribution in [2.75, 3.05) is 31.4 Å². The van der Waals surface area contributed by atoms with Crippen molar-refractivity contribution in [2.45, 2.75) is 30.5 Å². The van der Waals surface area contributed by atoms with Crippen molar-refractivity contribution >= 4 is 17.6 Å². The van der Waals surface area contributed by atoms with Crippen LogP contribution in [0.2, 0.25) is 0 Å². The summed E-state index contributed by atoms with van der Waals surface area (Å²) in [5.74, 6) is 0.784. The Morgan fingerprint density at radius 3 is 3.06 bits per heavy atom. The van der Waals surface area contributed by atoms with Gasteiger partial charge < -0.3 is 14.8 Å². The minimum absolute atomic E-state index is 0.208. The first-order valence-electron chi connectivity index (χ1n) is 6.11. The number of anilines is 1. The van der Waals surface area contributed by atoms with Crippen LogP contribution in [0, 0.1) is 0 Å². The largest absolute Gasteiger partial charge is 0.379 e. The molecule has 2 unspecified atom stereocenters. The summed E-state index contributed by atoms with van der Waals surface area (Å²) in [7, 11) is 0. The Balaban J connectivity index is 1.73. The van der Waals surface area contributed by atoms with Crippen molar-refractivity contribution in [1.29, 1.82) is 0 Å². The fraction of sp³-hybridized carbons (Fsp3) is 0.667. The van der Waals surface area contributed by atoms with E-state index in [1.165, 1.54) is 0 Å². The van der Waals surface area contributed by atoms with Crippen LogP contribution in [0.25, 0.3) is 0 Å². The van der Waals surface area contributed by atoms with Crippen molar-refractivity contribution in [3.8, 4) is 0 Å². The molecular formula is C12H19N3O2S. The standard InChI is InChI=1S/C12H19N3O2S/c1-9(7-17-10-5-6-16-8-10)13-11-3-4-12(18-2)15-14-11/h3-4,9-10H,5-8H2,1-2H3,(H,13,14). The number of thioether (sulfide) groups is 1. The summed E-state index contributed by atoms with van der Waals surface area (Å²) in [6, 6.07) is 4.10. The third-order valence-electron chi connectivity index (χ3n) is 2.71. The Hall–Kier alpha value is -0.850. The molecule has 100 valence electrons. The van der Waals surface area contributed by atoms with Gasteiger partial charge in [-0.3, -0.25) is 0 Å². The van der Waals surface area contributed by atoms with Gasteiger partial charge in [-0.15, -0.1) is 22.0 Å². The zero-order valence-corrected chi connectivity index (χ0v) is 11.6. The molecule has 2 heterocycles. The molecule has 6 heteroatoms. The highest BCUT2D eigenvalue weighted by Gasteiger charge is 2.17. The van der Waals surface area contributed by atoms with Gasteiger partial charge >= 0.3 is 0 Å². The molecule has 1 saturated heterocycles. The van der Waals surface area contributed by atoms with Gasteiger partial charge in [-0.1, -0.05) is 0 Å². The van der Waals surface area contributed by atoms with Gasteiger partial charge in [-0.2, -0.15) is 0 Å². The molecule has 1 N–H and O–H groups in total. The fourth-order valence-corrected chi connectivity index (χ4v) is 2.05. The molecule has 0 saturated carbocycles. The third kappa shape index (κ3) is 4.12. The van der Waals surface area contributed by atoms with E-state index in [9.17, 15) is 0 Å². The van der Waals surface area contributed by atoms with E-state index in [2.05, 4.69) is 22.4 Å². The van der Waals surface area contributed by atoms with Gasteiger partial charge in [0.15, 0.2) is 0 Å². The molecule has 0 amide bonds.